The molecule has 2 unspecified atom stereocenters. The number of esters is 2. The Labute approximate surface area is 351 Å². The Balaban J connectivity index is 4.38. The number of quaternary nitrogens is 1. The molecule has 0 aromatic carbocycles. The molecular formula is C48H91NO8. The first-order chi connectivity index (χ1) is 27.6. The van der Waals surface area contributed by atoms with Crippen molar-refractivity contribution < 1.29 is 42.9 Å². The van der Waals surface area contributed by atoms with Crippen molar-refractivity contribution in [1.29, 1.82) is 0 Å². The van der Waals surface area contributed by atoms with Gasteiger partial charge >= 0.3 is 11.9 Å². The smallest absolute Gasteiger partial charge is 0.306 e. The molecule has 0 aromatic rings. The lowest BCUT2D eigenvalue weighted by molar-refractivity contribution is -0.870. The van der Waals surface area contributed by atoms with Gasteiger partial charge in [0.15, 0.2) is 12.4 Å². The van der Waals surface area contributed by atoms with Crippen LogP contribution in [0.15, 0.2) is 12.2 Å². The summed E-state index contributed by atoms with van der Waals surface area (Å²) in [4.78, 5) is 37.0. The molecule has 0 saturated heterocycles. The van der Waals surface area contributed by atoms with Crippen LogP contribution in [0.3, 0.4) is 0 Å². The maximum Gasteiger partial charge on any atom is 0.306 e. The zero-order chi connectivity index (χ0) is 42.1. The van der Waals surface area contributed by atoms with E-state index in [0.717, 1.165) is 51.4 Å². The van der Waals surface area contributed by atoms with E-state index >= 15 is 0 Å². The minimum atomic E-state index is -1.62. The van der Waals surface area contributed by atoms with Crippen molar-refractivity contribution in [3.63, 3.8) is 0 Å². The number of carboxylic acid groups (broad SMARTS) is 1. The van der Waals surface area contributed by atoms with Crippen molar-refractivity contribution in [2.24, 2.45) is 0 Å². The number of likely N-dealkylation sites (N-methyl/N-ethyl adjacent to an activating group) is 1. The molecule has 9 heteroatoms. The average Bonchev–Trinajstić information content (AvgIpc) is 3.17. The summed E-state index contributed by atoms with van der Waals surface area (Å²) in [5.74, 6) is -2.28. The molecule has 0 saturated carbocycles. The molecule has 0 radical (unpaired) electrons. The predicted octanol–water partition coefficient (Wildman–Crippen LogP) is 11.3. The van der Waals surface area contributed by atoms with Gasteiger partial charge in [0, 0.05) is 12.8 Å². The highest BCUT2D eigenvalue weighted by molar-refractivity contribution is 5.70. The number of hydrogen-bond acceptors (Lipinski definition) is 8. The normalized spacial score (nSPS) is 12.9. The Morgan fingerprint density at radius 2 is 0.895 bits per heavy atom. The fourth-order valence-electron chi connectivity index (χ4n) is 6.77. The van der Waals surface area contributed by atoms with Gasteiger partial charge in [-0.25, -0.2) is 0 Å². The number of hydrogen-bond donors (Lipinski definition) is 0. The van der Waals surface area contributed by atoms with Crippen LogP contribution >= 0.6 is 0 Å². The van der Waals surface area contributed by atoms with Crippen molar-refractivity contribution in [3.8, 4) is 0 Å². The number of carboxylic acids is 1. The second-order valence-electron chi connectivity index (χ2n) is 17.4. The Hall–Kier alpha value is -1.97. The monoisotopic (exact) mass is 810 g/mol. The first-order valence-electron chi connectivity index (χ1n) is 23.8. The minimum Gasteiger partial charge on any atom is -0.545 e. The van der Waals surface area contributed by atoms with E-state index in [1.54, 1.807) is 0 Å². The van der Waals surface area contributed by atoms with E-state index in [0.29, 0.717) is 23.9 Å². The molecule has 0 aromatic heterocycles. The summed E-state index contributed by atoms with van der Waals surface area (Å²) < 4.78 is 22.6. The molecule has 0 rings (SSSR count). The molecule has 336 valence electrons. The topological polar surface area (TPSA) is 111 Å². The summed E-state index contributed by atoms with van der Waals surface area (Å²) in [7, 11) is 5.91. The molecule has 0 aliphatic heterocycles. The van der Waals surface area contributed by atoms with Crippen LogP contribution in [0.2, 0.25) is 0 Å². The molecule has 0 aliphatic rings. The van der Waals surface area contributed by atoms with E-state index in [1.165, 1.54) is 135 Å². The van der Waals surface area contributed by atoms with Crippen molar-refractivity contribution in [3.05, 3.63) is 12.2 Å². The number of ether oxygens (including phenoxy) is 4. The number of rotatable bonds is 44. The quantitative estimate of drug-likeness (QED) is 0.0197. The van der Waals surface area contributed by atoms with E-state index in [2.05, 4.69) is 26.0 Å². The highest BCUT2D eigenvalue weighted by Crippen LogP contribution is 2.15. The molecule has 57 heavy (non-hydrogen) atoms. The van der Waals surface area contributed by atoms with Gasteiger partial charge in [-0.05, 0) is 38.5 Å². The van der Waals surface area contributed by atoms with Crippen molar-refractivity contribution in [2.75, 3.05) is 47.5 Å². The number of aliphatic carboxylic acids is 1. The van der Waals surface area contributed by atoms with Crippen LogP contribution in [0.4, 0.5) is 0 Å². The molecule has 0 heterocycles. The first kappa shape index (κ1) is 55.0. The molecular weight excluding hydrogens is 719 g/mol. The highest BCUT2D eigenvalue weighted by Gasteiger charge is 2.21. The van der Waals surface area contributed by atoms with Crippen molar-refractivity contribution in [2.45, 2.75) is 232 Å². The molecule has 0 spiro atoms. The van der Waals surface area contributed by atoms with Gasteiger partial charge in [-0.1, -0.05) is 180 Å². The van der Waals surface area contributed by atoms with Crippen LogP contribution in [0, 0.1) is 0 Å². The molecule has 0 bridgehead atoms. The van der Waals surface area contributed by atoms with Crippen LogP contribution in [0.1, 0.15) is 219 Å². The lowest BCUT2D eigenvalue weighted by Crippen LogP contribution is -2.44. The Morgan fingerprint density at radius 3 is 1.30 bits per heavy atom. The van der Waals surface area contributed by atoms with Gasteiger partial charge < -0.3 is 33.3 Å². The number of carbonyl (C=O) groups excluding carboxylic acids is 3. The third-order valence-electron chi connectivity index (χ3n) is 10.5. The molecule has 2 atom stereocenters. The molecule has 0 N–H and O–H groups in total. The zero-order valence-corrected chi connectivity index (χ0v) is 38.0. The van der Waals surface area contributed by atoms with Gasteiger partial charge in [-0.15, -0.1) is 0 Å². The molecule has 9 nitrogen and oxygen atoms in total. The lowest BCUT2D eigenvalue weighted by atomic mass is 10.0. The Bertz CT molecular complexity index is 949. The number of allylic oxidation sites excluding steroid dienone is 2. The van der Waals surface area contributed by atoms with E-state index < -0.39 is 24.3 Å². The summed E-state index contributed by atoms with van der Waals surface area (Å²) >= 11 is 0. The van der Waals surface area contributed by atoms with E-state index in [-0.39, 0.29) is 32.2 Å². The molecule has 0 amide bonds. The van der Waals surface area contributed by atoms with Crippen molar-refractivity contribution >= 4 is 17.9 Å². The van der Waals surface area contributed by atoms with Crippen molar-refractivity contribution in [1.82, 2.24) is 0 Å². The van der Waals surface area contributed by atoms with E-state index in [4.69, 9.17) is 18.9 Å². The van der Waals surface area contributed by atoms with Crippen LogP contribution in [-0.2, 0) is 33.3 Å². The second kappa shape index (κ2) is 40.8. The summed E-state index contributed by atoms with van der Waals surface area (Å²) in [5.41, 5.74) is 0. The third kappa shape index (κ3) is 42.0. The van der Waals surface area contributed by atoms with Crippen LogP contribution < -0.4 is 5.11 Å². The van der Waals surface area contributed by atoms with Crippen LogP contribution in [0.25, 0.3) is 0 Å². The average molecular weight is 810 g/mol. The molecule has 0 fully saturated rings. The van der Waals surface area contributed by atoms with E-state index in [9.17, 15) is 19.5 Å². The van der Waals surface area contributed by atoms with Crippen LogP contribution in [-0.4, -0.2) is 82.3 Å². The van der Waals surface area contributed by atoms with Gasteiger partial charge in [-0.2, -0.15) is 0 Å². The summed E-state index contributed by atoms with van der Waals surface area (Å²) in [6.45, 7) is 4.75. The van der Waals surface area contributed by atoms with Gasteiger partial charge in [-0.3, -0.25) is 9.59 Å². The number of carbonyl (C=O) groups is 3. The molecule has 0 aliphatic carbocycles. The van der Waals surface area contributed by atoms with E-state index in [1.807, 2.05) is 21.1 Å². The lowest BCUT2D eigenvalue weighted by Gasteiger charge is -2.26. The summed E-state index contributed by atoms with van der Waals surface area (Å²) in [5, 5.41) is 11.7. The van der Waals surface area contributed by atoms with Gasteiger partial charge in [0.1, 0.15) is 13.2 Å². The number of nitrogens with zero attached hydrogens (tertiary/aromatic N) is 1. The summed E-state index contributed by atoms with van der Waals surface area (Å²) in [6.07, 6.45) is 39.5. The third-order valence-corrected chi connectivity index (χ3v) is 10.5. The van der Waals surface area contributed by atoms with Gasteiger partial charge in [0.2, 0.25) is 0 Å². The van der Waals surface area contributed by atoms with Crippen LogP contribution in [0.5, 0.6) is 0 Å². The van der Waals surface area contributed by atoms with Gasteiger partial charge in [0.25, 0.3) is 0 Å². The maximum absolute atomic E-state index is 12.7. The zero-order valence-electron chi connectivity index (χ0n) is 38.0. The highest BCUT2D eigenvalue weighted by atomic mass is 16.7. The SMILES string of the molecule is CCCCCCCC/C=C\CCCCCCCC(=O)OC(COC(=O)CCCCCCCCCCCCCCCCCCC)COC(OCC[N+](C)(C)C)C(=O)[O-]. The Kier molecular flexibility index (Phi) is 39.4. The minimum absolute atomic E-state index is 0.149. The van der Waals surface area contributed by atoms with Gasteiger partial charge in [0.05, 0.1) is 40.3 Å². The maximum atomic E-state index is 12.7. The fraction of sp³-hybridized carbons (Fsp3) is 0.896. The standard InChI is InChI=1S/C48H91NO8/c1-6-8-10-12-14-16-18-20-22-23-25-26-28-30-32-34-36-38-45(50)55-42-44(43-56-48(47(52)53)54-41-40-49(3,4)5)57-46(51)39-37-35-33-31-29-27-24-21-19-17-15-13-11-9-7-2/h21,24,44,48H,6-20,22-23,25-43H2,1-5H3/b24-21-. The fourth-order valence-corrected chi connectivity index (χ4v) is 6.77. The Morgan fingerprint density at radius 1 is 0.509 bits per heavy atom. The predicted molar refractivity (Wildman–Crippen MR) is 233 cm³/mol. The largest absolute Gasteiger partial charge is 0.545 e. The summed E-state index contributed by atoms with van der Waals surface area (Å²) in [6, 6.07) is 0. The first-order valence-corrected chi connectivity index (χ1v) is 23.8. The second-order valence-corrected chi connectivity index (χ2v) is 17.4. The number of unbranched alkanes of at least 4 members (excludes halogenated alkanes) is 27.